The minimum absolute atomic E-state index is 0.0929. The number of phenols is 1. The normalized spacial score (nSPS) is 15.2. The van der Waals surface area contributed by atoms with Crippen molar-refractivity contribution in [2.75, 3.05) is 13.2 Å². The number of ether oxygens (including phenoxy) is 2. The number of aromatic hydroxyl groups is 1. The molecule has 0 spiro atoms. The predicted octanol–water partition coefficient (Wildman–Crippen LogP) is 1.69. The zero-order chi connectivity index (χ0) is 9.26. The molecule has 0 radical (unpaired) electrons. The Bertz CT molecular complexity index is 325. The SMILES string of the molecule is Oc1cc(F)c2c(c1)OCCCO2. The van der Waals surface area contributed by atoms with E-state index >= 15 is 0 Å². The molecule has 0 atom stereocenters. The number of hydrogen-bond donors (Lipinski definition) is 1. The van der Waals surface area contributed by atoms with E-state index in [4.69, 9.17) is 14.6 Å². The summed E-state index contributed by atoms with van der Waals surface area (Å²) in [4.78, 5) is 0. The monoisotopic (exact) mass is 184 g/mol. The van der Waals surface area contributed by atoms with Crippen LogP contribution in [0.15, 0.2) is 12.1 Å². The molecular formula is C9H9FO3. The van der Waals surface area contributed by atoms with Gasteiger partial charge in [-0.1, -0.05) is 0 Å². The molecule has 1 aromatic rings. The van der Waals surface area contributed by atoms with Crippen molar-refractivity contribution in [3.63, 3.8) is 0 Å². The minimum Gasteiger partial charge on any atom is -0.508 e. The van der Waals surface area contributed by atoms with E-state index in [0.29, 0.717) is 13.2 Å². The second-order valence-electron chi connectivity index (χ2n) is 2.81. The van der Waals surface area contributed by atoms with Gasteiger partial charge in [-0.05, 0) is 0 Å². The molecule has 1 N–H and O–H groups in total. The molecule has 0 aliphatic carbocycles. The molecule has 0 saturated heterocycles. The van der Waals surface area contributed by atoms with Gasteiger partial charge < -0.3 is 14.6 Å². The van der Waals surface area contributed by atoms with Gasteiger partial charge in [-0.25, -0.2) is 4.39 Å². The summed E-state index contributed by atoms with van der Waals surface area (Å²) in [6, 6.07) is 2.36. The first-order valence-corrected chi connectivity index (χ1v) is 4.05. The highest BCUT2D eigenvalue weighted by molar-refractivity contribution is 5.46. The van der Waals surface area contributed by atoms with E-state index in [1.54, 1.807) is 0 Å². The fourth-order valence-corrected chi connectivity index (χ4v) is 1.22. The summed E-state index contributed by atoms with van der Waals surface area (Å²) in [5, 5.41) is 9.09. The van der Waals surface area contributed by atoms with Crippen LogP contribution in [-0.4, -0.2) is 18.3 Å². The van der Waals surface area contributed by atoms with Gasteiger partial charge in [0.2, 0.25) is 0 Å². The molecule has 0 unspecified atom stereocenters. The molecule has 3 nitrogen and oxygen atoms in total. The van der Waals surface area contributed by atoms with E-state index in [-0.39, 0.29) is 17.2 Å². The zero-order valence-corrected chi connectivity index (χ0v) is 6.92. The van der Waals surface area contributed by atoms with Crippen LogP contribution in [0.5, 0.6) is 17.2 Å². The lowest BCUT2D eigenvalue weighted by molar-refractivity contribution is 0.292. The topological polar surface area (TPSA) is 38.7 Å². The Labute approximate surface area is 74.7 Å². The van der Waals surface area contributed by atoms with Crippen molar-refractivity contribution in [1.29, 1.82) is 0 Å². The van der Waals surface area contributed by atoms with Crippen LogP contribution in [0.4, 0.5) is 4.39 Å². The lowest BCUT2D eigenvalue weighted by Gasteiger charge is -2.07. The van der Waals surface area contributed by atoms with Crippen LogP contribution in [-0.2, 0) is 0 Å². The number of benzene rings is 1. The number of rotatable bonds is 0. The van der Waals surface area contributed by atoms with Crippen LogP contribution in [0.25, 0.3) is 0 Å². The first-order valence-electron chi connectivity index (χ1n) is 4.05. The molecule has 2 rings (SSSR count). The summed E-state index contributed by atoms with van der Waals surface area (Å²) in [6.45, 7) is 0.921. The average molecular weight is 184 g/mol. The number of phenolic OH excluding ortho intramolecular Hbond substituents is 1. The molecule has 0 amide bonds. The Morgan fingerprint density at radius 2 is 2.00 bits per heavy atom. The average Bonchev–Trinajstić information content (AvgIpc) is 2.28. The van der Waals surface area contributed by atoms with E-state index in [9.17, 15) is 4.39 Å². The highest BCUT2D eigenvalue weighted by atomic mass is 19.1. The second-order valence-corrected chi connectivity index (χ2v) is 2.81. The fraction of sp³-hybridized carbons (Fsp3) is 0.333. The minimum atomic E-state index is -0.586. The quantitative estimate of drug-likeness (QED) is 0.666. The third-order valence-corrected chi connectivity index (χ3v) is 1.79. The summed E-state index contributed by atoms with van der Waals surface area (Å²) in [6.07, 6.45) is 0.717. The van der Waals surface area contributed by atoms with Gasteiger partial charge in [0, 0.05) is 18.6 Å². The van der Waals surface area contributed by atoms with Gasteiger partial charge in [0.1, 0.15) is 5.75 Å². The molecule has 4 heteroatoms. The molecule has 0 aromatic heterocycles. The van der Waals surface area contributed by atoms with Crippen molar-refractivity contribution in [3.8, 4) is 17.2 Å². The number of fused-ring (bicyclic) bond motifs is 1. The Balaban J connectivity index is 2.47. The third kappa shape index (κ3) is 1.52. The van der Waals surface area contributed by atoms with Gasteiger partial charge in [-0.3, -0.25) is 0 Å². The summed E-state index contributed by atoms with van der Waals surface area (Å²) in [5.74, 6) is -0.371. The van der Waals surface area contributed by atoms with Crippen LogP contribution < -0.4 is 9.47 Å². The van der Waals surface area contributed by atoms with Crippen molar-refractivity contribution >= 4 is 0 Å². The van der Waals surface area contributed by atoms with Crippen molar-refractivity contribution in [2.24, 2.45) is 0 Å². The Kier molecular flexibility index (Phi) is 1.96. The van der Waals surface area contributed by atoms with Crippen LogP contribution >= 0.6 is 0 Å². The van der Waals surface area contributed by atoms with Crippen LogP contribution in [0.1, 0.15) is 6.42 Å². The third-order valence-electron chi connectivity index (χ3n) is 1.79. The second kappa shape index (κ2) is 3.12. The van der Waals surface area contributed by atoms with Crippen molar-refractivity contribution in [1.82, 2.24) is 0 Å². The lowest BCUT2D eigenvalue weighted by Crippen LogP contribution is -1.97. The smallest absolute Gasteiger partial charge is 0.197 e. The van der Waals surface area contributed by atoms with Gasteiger partial charge >= 0.3 is 0 Å². The number of hydrogen-bond acceptors (Lipinski definition) is 3. The van der Waals surface area contributed by atoms with Crippen LogP contribution in [0.2, 0.25) is 0 Å². The van der Waals surface area contributed by atoms with Gasteiger partial charge in [0.05, 0.1) is 13.2 Å². The maximum Gasteiger partial charge on any atom is 0.197 e. The molecule has 13 heavy (non-hydrogen) atoms. The lowest BCUT2D eigenvalue weighted by atomic mass is 10.3. The van der Waals surface area contributed by atoms with E-state index in [1.165, 1.54) is 6.07 Å². The van der Waals surface area contributed by atoms with E-state index < -0.39 is 5.82 Å². The summed E-state index contributed by atoms with van der Waals surface area (Å²) in [5.41, 5.74) is 0. The fourth-order valence-electron chi connectivity index (χ4n) is 1.22. The first kappa shape index (κ1) is 8.16. The summed E-state index contributed by atoms with van der Waals surface area (Å²) < 4.78 is 23.5. The Hall–Kier alpha value is -1.45. The molecule has 0 saturated carbocycles. The van der Waals surface area contributed by atoms with Gasteiger partial charge in [0.15, 0.2) is 17.3 Å². The van der Waals surface area contributed by atoms with Crippen molar-refractivity contribution in [3.05, 3.63) is 17.9 Å². The van der Waals surface area contributed by atoms with E-state index in [0.717, 1.165) is 12.5 Å². The molecule has 1 aliphatic heterocycles. The van der Waals surface area contributed by atoms with Crippen LogP contribution in [0, 0.1) is 5.82 Å². The van der Waals surface area contributed by atoms with Gasteiger partial charge in [0.25, 0.3) is 0 Å². The van der Waals surface area contributed by atoms with Crippen molar-refractivity contribution < 1.29 is 19.0 Å². The number of halogens is 1. The van der Waals surface area contributed by atoms with E-state index in [2.05, 4.69) is 0 Å². The largest absolute Gasteiger partial charge is 0.508 e. The maximum atomic E-state index is 13.1. The highest BCUT2D eigenvalue weighted by Crippen LogP contribution is 2.35. The molecule has 0 bridgehead atoms. The molecule has 0 fully saturated rings. The Morgan fingerprint density at radius 3 is 2.85 bits per heavy atom. The van der Waals surface area contributed by atoms with E-state index in [1.807, 2.05) is 0 Å². The molecule has 1 aliphatic rings. The van der Waals surface area contributed by atoms with Crippen molar-refractivity contribution in [2.45, 2.75) is 6.42 Å². The highest BCUT2D eigenvalue weighted by Gasteiger charge is 2.16. The molecule has 1 heterocycles. The molecule has 1 aromatic carbocycles. The van der Waals surface area contributed by atoms with Crippen LogP contribution in [0.3, 0.4) is 0 Å². The van der Waals surface area contributed by atoms with Gasteiger partial charge in [-0.2, -0.15) is 0 Å². The first-order chi connectivity index (χ1) is 6.27. The standard InChI is InChI=1S/C9H9FO3/c10-7-4-6(11)5-8-9(7)13-3-1-2-12-8/h4-5,11H,1-3H2. The molecular weight excluding hydrogens is 175 g/mol. The molecule has 70 valence electrons. The summed E-state index contributed by atoms with van der Waals surface area (Å²) >= 11 is 0. The Morgan fingerprint density at radius 1 is 1.23 bits per heavy atom. The van der Waals surface area contributed by atoms with Gasteiger partial charge in [-0.15, -0.1) is 0 Å². The predicted molar refractivity (Wildman–Crippen MR) is 43.7 cm³/mol. The summed E-state index contributed by atoms with van der Waals surface area (Å²) in [7, 11) is 0. The maximum absolute atomic E-state index is 13.1. The zero-order valence-electron chi connectivity index (χ0n) is 6.92.